The van der Waals surface area contributed by atoms with Gasteiger partial charge in [0.1, 0.15) is 0 Å². The highest BCUT2D eigenvalue weighted by molar-refractivity contribution is 7.12. The van der Waals surface area contributed by atoms with Crippen molar-refractivity contribution in [2.75, 3.05) is 0 Å². The maximum Gasteiger partial charge on any atom is 0.291 e. The van der Waals surface area contributed by atoms with E-state index in [0.717, 1.165) is 28.3 Å². The Kier molecular flexibility index (Phi) is 3.78. The van der Waals surface area contributed by atoms with E-state index in [1.807, 2.05) is 30.5 Å². The molecular formula is C20H24N4OS. The summed E-state index contributed by atoms with van der Waals surface area (Å²) in [5, 5.41) is 13.7. The molecule has 0 aromatic carbocycles. The molecule has 0 saturated heterocycles. The third-order valence-corrected chi connectivity index (χ3v) is 7.60. The molecule has 0 spiro atoms. The van der Waals surface area contributed by atoms with Crippen LogP contribution < -0.4 is 5.43 Å². The van der Waals surface area contributed by atoms with Crippen LogP contribution in [0.2, 0.25) is 0 Å². The van der Waals surface area contributed by atoms with E-state index in [9.17, 15) is 4.79 Å². The number of nitrogens with zero attached hydrogens (tertiary/aromatic N) is 2. The molecule has 2 N–H and O–H groups in total. The number of nitrogens with one attached hydrogen (secondary N) is 2. The molecule has 0 aliphatic heterocycles. The summed E-state index contributed by atoms with van der Waals surface area (Å²) in [5.41, 5.74) is 5.30. The summed E-state index contributed by atoms with van der Waals surface area (Å²) >= 11 is 1.61. The molecule has 2 heterocycles. The molecule has 4 aliphatic rings. The Balaban J connectivity index is 1.32. The summed E-state index contributed by atoms with van der Waals surface area (Å²) < 4.78 is 0. The first-order chi connectivity index (χ1) is 12.6. The van der Waals surface area contributed by atoms with Crippen LogP contribution in [0.5, 0.6) is 0 Å². The summed E-state index contributed by atoms with van der Waals surface area (Å²) in [6.45, 7) is 1.90. The molecule has 6 heteroatoms. The van der Waals surface area contributed by atoms with Crippen LogP contribution in [0.1, 0.15) is 66.5 Å². The number of carbonyl (C=O) groups excluding carboxylic acids is 1. The van der Waals surface area contributed by atoms with Crippen molar-refractivity contribution in [3.8, 4) is 0 Å². The number of thiophene rings is 1. The Morgan fingerprint density at radius 2 is 1.96 bits per heavy atom. The minimum atomic E-state index is -0.242. The van der Waals surface area contributed by atoms with Crippen LogP contribution in [-0.4, -0.2) is 21.8 Å². The van der Waals surface area contributed by atoms with Crippen LogP contribution in [0.4, 0.5) is 0 Å². The number of H-pyrrole nitrogens is 1. The predicted octanol–water partition coefficient (Wildman–Crippen LogP) is 4.09. The van der Waals surface area contributed by atoms with Gasteiger partial charge in [-0.1, -0.05) is 6.07 Å². The zero-order valence-corrected chi connectivity index (χ0v) is 15.8. The largest absolute Gasteiger partial charge is 0.291 e. The SMILES string of the molecule is C/C(=N/NC(=O)c1cc(C23CC4CC(CC(C4)C2)C3)[nH]n1)c1cccs1. The van der Waals surface area contributed by atoms with Crippen LogP contribution in [0.15, 0.2) is 28.7 Å². The van der Waals surface area contributed by atoms with Crippen molar-refractivity contribution in [3.05, 3.63) is 39.8 Å². The Bertz CT molecular complexity index is 816. The normalized spacial score (nSPS) is 32.8. The number of amides is 1. The number of hydrogen-bond donors (Lipinski definition) is 2. The standard InChI is InChI=1S/C20H24N4OS/c1-12(17-3-2-4-26-17)21-24-19(25)16-8-18(23-22-16)20-9-13-5-14(10-20)7-15(6-13)11-20/h2-4,8,13-15H,5-7,9-11H2,1H3,(H,22,23)(H,24,25)/b21-12-. The summed E-state index contributed by atoms with van der Waals surface area (Å²) in [7, 11) is 0. The molecule has 26 heavy (non-hydrogen) atoms. The number of aromatic amines is 1. The second-order valence-corrected chi connectivity index (χ2v) is 9.43. The summed E-state index contributed by atoms with van der Waals surface area (Å²) in [4.78, 5) is 13.5. The van der Waals surface area contributed by atoms with Gasteiger partial charge in [0, 0.05) is 16.0 Å². The average Bonchev–Trinajstić information content (AvgIpc) is 3.30. The third kappa shape index (κ3) is 2.71. The molecule has 4 saturated carbocycles. The minimum absolute atomic E-state index is 0.233. The van der Waals surface area contributed by atoms with E-state index in [4.69, 9.17) is 0 Å². The maximum absolute atomic E-state index is 12.5. The first kappa shape index (κ1) is 16.2. The van der Waals surface area contributed by atoms with E-state index >= 15 is 0 Å². The summed E-state index contributed by atoms with van der Waals surface area (Å²) in [6, 6.07) is 5.94. The third-order valence-electron chi connectivity index (χ3n) is 6.62. The van der Waals surface area contributed by atoms with E-state index in [2.05, 4.69) is 20.7 Å². The molecule has 5 nitrogen and oxygen atoms in total. The van der Waals surface area contributed by atoms with Crippen molar-refractivity contribution in [2.24, 2.45) is 22.9 Å². The molecule has 4 bridgehead atoms. The van der Waals surface area contributed by atoms with Gasteiger partial charge in [-0.3, -0.25) is 9.89 Å². The molecule has 0 unspecified atom stereocenters. The maximum atomic E-state index is 12.5. The molecular weight excluding hydrogens is 344 g/mol. The van der Waals surface area contributed by atoms with Crippen molar-refractivity contribution >= 4 is 23.0 Å². The first-order valence-corrected chi connectivity index (χ1v) is 10.4. The predicted molar refractivity (Wildman–Crippen MR) is 102 cm³/mol. The zero-order chi connectivity index (χ0) is 17.7. The Morgan fingerprint density at radius 3 is 2.58 bits per heavy atom. The molecule has 4 aliphatic carbocycles. The Hall–Kier alpha value is -1.95. The van der Waals surface area contributed by atoms with Gasteiger partial charge < -0.3 is 0 Å². The van der Waals surface area contributed by atoms with Crippen LogP contribution in [-0.2, 0) is 5.41 Å². The van der Waals surface area contributed by atoms with Crippen molar-refractivity contribution < 1.29 is 4.79 Å². The quantitative estimate of drug-likeness (QED) is 0.630. The van der Waals surface area contributed by atoms with Crippen molar-refractivity contribution in [3.63, 3.8) is 0 Å². The van der Waals surface area contributed by atoms with Gasteiger partial charge >= 0.3 is 0 Å². The van der Waals surface area contributed by atoms with Gasteiger partial charge in [0.05, 0.1) is 5.71 Å². The van der Waals surface area contributed by atoms with Crippen LogP contribution in [0.25, 0.3) is 0 Å². The fourth-order valence-corrected chi connectivity index (χ4v) is 6.56. The van der Waals surface area contributed by atoms with Crippen LogP contribution >= 0.6 is 11.3 Å². The van der Waals surface area contributed by atoms with Gasteiger partial charge in [0.2, 0.25) is 0 Å². The lowest BCUT2D eigenvalue weighted by atomic mass is 9.49. The lowest BCUT2D eigenvalue weighted by Crippen LogP contribution is -2.48. The van der Waals surface area contributed by atoms with Crippen molar-refractivity contribution in [2.45, 2.75) is 50.9 Å². The molecule has 0 atom stereocenters. The van der Waals surface area contributed by atoms with Crippen LogP contribution in [0.3, 0.4) is 0 Å². The van der Waals surface area contributed by atoms with E-state index in [1.165, 1.54) is 44.2 Å². The Labute approximate surface area is 157 Å². The molecule has 2 aromatic rings. The fraction of sp³-hybridized carbons (Fsp3) is 0.550. The second kappa shape index (κ2) is 6.05. The van der Waals surface area contributed by atoms with E-state index in [0.29, 0.717) is 5.69 Å². The van der Waals surface area contributed by atoms with E-state index < -0.39 is 0 Å². The minimum Gasteiger partial charge on any atom is -0.281 e. The highest BCUT2D eigenvalue weighted by atomic mass is 32.1. The molecule has 136 valence electrons. The molecule has 1 amide bonds. The van der Waals surface area contributed by atoms with Gasteiger partial charge in [0.25, 0.3) is 5.91 Å². The number of aromatic nitrogens is 2. The zero-order valence-electron chi connectivity index (χ0n) is 15.0. The van der Waals surface area contributed by atoms with E-state index in [-0.39, 0.29) is 11.3 Å². The lowest BCUT2D eigenvalue weighted by Gasteiger charge is -2.56. The lowest BCUT2D eigenvalue weighted by molar-refractivity contribution is -0.00721. The monoisotopic (exact) mass is 368 g/mol. The molecule has 0 radical (unpaired) electrons. The van der Waals surface area contributed by atoms with Gasteiger partial charge in [-0.2, -0.15) is 10.2 Å². The molecule has 2 aromatic heterocycles. The molecule has 4 fully saturated rings. The first-order valence-electron chi connectivity index (χ1n) is 9.56. The van der Waals surface area contributed by atoms with Gasteiger partial charge in [-0.15, -0.1) is 11.3 Å². The van der Waals surface area contributed by atoms with Gasteiger partial charge in [-0.25, -0.2) is 5.43 Å². The second-order valence-electron chi connectivity index (χ2n) is 8.48. The highest BCUT2D eigenvalue weighted by Crippen LogP contribution is 2.60. The number of rotatable bonds is 4. The van der Waals surface area contributed by atoms with Crippen molar-refractivity contribution in [1.29, 1.82) is 0 Å². The average molecular weight is 369 g/mol. The van der Waals surface area contributed by atoms with Gasteiger partial charge in [-0.05, 0) is 80.7 Å². The number of hydrogen-bond acceptors (Lipinski definition) is 4. The fourth-order valence-electron chi connectivity index (χ4n) is 5.88. The van der Waals surface area contributed by atoms with Crippen molar-refractivity contribution in [1.82, 2.24) is 15.6 Å². The highest BCUT2D eigenvalue weighted by Gasteiger charge is 2.52. The molecule has 6 rings (SSSR count). The smallest absolute Gasteiger partial charge is 0.281 e. The summed E-state index contributed by atoms with van der Waals surface area (Å²) in [5.74, 6) is 2.38. The number of hydrazone groups is 1. The van der Waals surface area contributed by atoms with Crippen LogP contribution in [0, 0.1) is 17.8 Å². The Morgan fingerprint density at radius 1 is 1.27 bits per heavy atom. The van der Waals surface area contributed by atoms with E-state index in [1.54, 1.807) is 11.3 Å². The number of carbonyl (C=O) groups is 1. The van der Waals surface area contributed by atoms with Gasteiger partial charge in [0.15, 0.2) is 5.69 Å². The topological polar surface area (TPSA) is 70.1 Å². The summed E-state index contributed by atoms with van der Waals surface area (Å²) in [6.07, 6.45) is 8.03.